The van der Waals surface area contributed by atoms with Gasteiger partial charge in [0, 0.05) is 18.4 Å². The number of aromatic nitrogens is 3. The summed E-state index contributed by atoms with van der Waals surface area (Å²) < 4.78 is 0. The van der Waals surface area contributed by atoms with E-state index in [9.17, 15) is 0 Å². The molecule has 1 aromatic heterocycles. The summed E-state index contributed by atoms with van der Waals surface area (Å²) in [7, 11) is 0. The fraction of sp³-hybridized carbons (Fsp3) is 0.846. The van der Waals surface area contributed by atoms with Crippen molar-refractivity contribution in [2.24, 2.45) is 0 Å². The van der Waals surface area contributed by atoms with Gasteiger partial charge in [-0.3, -0.25) is 5.10 Å². The molecule has 1 atom stereocenters. The Morgan fingerprint density at radius 1 is 0.941 bits per heavy atom. The zero-order valence-electron chi connectivity index (χ0n) is 10.4. The summed E-state index contributed by atoms with van der Waals surface area (Å²) in [5.41, 5.74) is 0. The van der Waals surface area contributed by atoms with E-state index < -0.39 is 0 Å². The van der Waals surface area contributed by atoms with Gasteiger partial charge in [-0.2, -0.15) is 5.10 Å². The smallest absolute Gasteiger partial charge is 0.155 e. The highest BCUT2D eigenvalue weighted by molar-refractivity contribution is 5.04. The summed E-state index contributed by atoms with van der Waals surface area (Å²) in [6.45, 7) is 2.15. The molecule has 2 fully saturated rings. The lowest BCUT2D eigenvalue weighted by Gasteiger charge is -2.09. The number of hydrogen-bond donors (Lipinski definition) is 2. The van der Waals surface area contributed by atoms with Crippen LogP contribution in [0.1, 0.15) is 68.4 Å². The second-order valence-corrected chi connectivity index (χ2v) is 5.46. The molecule has 0 spiro atoms. The molecule has 94 valence electrons. The molecule has 1 aliphatic carbocycles. The van der Waals surface area contributed by atoms with Gasteiger partial charge >= 0.3 is 0 Å². The highest BCUT2D eigenvalue weighted by Gasteiger charge is 2.23. The van der Waals surface area contributed by atoms with E-state index in [1.807, 2.05) is 0 Å². The van der Waals surface area contributed by atoms with E-state index in [0.717, 1.165) is 24.7 Å². The minimum Gasteiger partial charge on any atom is -0.316 e. The Morgan fingerprint density at radius 2 is 1.76 bits per heavy atom. The third-order valence-electron chi connectivity index (χ3n) is 4.19. The lowest BCUT2D eigenvalue weighted by atomic mass is 10.00. The van der Waals surface area contributed by atoms with Crippen molar-refractivity contribution < 1.29 is 0 Å². The molecule has 0 aromatic carbocycles. The molecular formula is C13H22N4. The van der Waals surface area contributed by atoms with Gasteiger partial charge in [-0.25, -0.2) is 4.98 Å². The average molecular weight is 234 g/mol. The van der Waals surface area contributed by atoms with Crippen molar-refractivity contribution in [3.05, 3.63) is 11.6 Å². The van der Waals surface area contributed by atoms with Gasteiger partial charge in [-0.05, 0) is 25.8 Å². The molecule has 4 nitrogen and oxygen atoms in total. The molecule has 0 bridgehead atoms. The molecule has 2 heterocycles. The first kappa shape index (κ1) is 11.2. The summed E-state index contributed by atoms with van der Waals surface area (Å²) in [5, 5.41) is 11.0. The Morgan fingerprint density at radius 3 is 2.47 bits per heavy atom. The van der Waals surface area contributed by atoms with Gasteiger partial charge in [0.15, 0.2) is 5.82 Å². The molecule has 2 aliphatic rings. The van der Waals surface area contributed by atoms with Crippen LogP contribution in [0.2, 0.25) is 0 Å². The Hall–Kier alpha value is -0.900. The Labute approximate surface area is 103 Å². The molecule has 1 unspecified atom stereocenters. The summed E-state index contributed by atoms with van der Waals surface area (Å²) >= 11 is 0. The number of rotatable bonds is 2. The Kier molecular flexibility index (Phi) is 3.41. The van der Waals surface area contributed by atoms with Crippen LogP contribution in [0.5, 0.6) is 0 Å². The number of aromatic amines is 1. The highest BCUT2D eigenvalue weighted by Crippen LogP contribution is 2.30. The molecule has 0 radical (unpaired) electrons. The third-order valence-corrected chi connectivity index (χ3v) is 4.19. The highest BCUT2D eigenvalue weighted by atomic mass is 15.2. The number of hydrogen-bond acceptors (Lipinski definition) is 3. The average Bonchev–Trinajstić information content (AvgIpc) is 2.95. The van der Waals surface area contributed by atoms with E-state index in [2.05, 4.69) is 15.5 Å². The minimum atomic E-state index is 0.533. The quantitative estimate of drug-likeness (QED) is 0.772. The van der Waals surface area contributed by atoms with Crippen LogP contribution >= 0.6 is 0 Å². The van der Waals surface area contributed by atoms with E-state index in [1.165, 1.54) is 44.9 Å². The van der Waals surface area contributed by atoms with Crippen LogP contribution in [0.25, 0.3) is 0 Å². The van der Waals surface area contributed by atoms with E-state index in [1.54, 1.807) is 0 Å². The standard InChI is InChI=1S/C13H22N4/c1-2-4-6-10(5-3-1)12-15-13(17-16-12)11-7-8-14-9-11/h10-11,14H,1-9H2,(H,15,16,17). The number of nitrogens with zero attached hydrogens (tertiary/aromatic N) is 2. The number of H-pyrrole nitrogens is 1. The van der Waals surface area contributed by atoms with Crippen molar-refractivity contribution in [1.29, 1.82) is 0 Å². The molecule has 3 rings (SSSR count). The molecule has 4 heteroatoms. The van der Waals surface area contributed by atoms with E-state index in [-0.39, 0.29) is 0 Å². The monoisotopic (exact) mass is 234 g/mol. The van der Waals surface area contributed by atoms with Gasteiger partial charge in [0.05, 0.1) is 0 Å². The van der Waals surface area contributed by atoms with Crippen molar-refractivity contribution in [3.8, 4) is 0 Å². The summed E-state index contributed by atoms with van der Waals surface area (Å²) in [5.74, 6) is 3.35. The first-order valence-corrected chi connectivity index (χ1v) is 7.06. The van der Waals surface area contributed by atoms with Crippen LogP contribution in [0.4, 0.5) is 0 Å². The molecule has 1 saturated carbocycles. The van der Waals surface area contributed by atoms with Gasteiger partial charge in [0.2, 0.25) is 0 Å². The fourth-order valence-electron chi connectivity index (χ4n) is 3.08. The fourth-order valence-corrected chi connectivity index (χ4v) is 3.08. The Bertz CT molecular complexity index is 346. The molecule has 0 amide bonds. The van der Waals surface area contributed by atoms with Crippen molar-refractivity contribution in [3.63, 3.8) is 0 Å². The van der Waals surface area contributed by atoms with Gasteiger partial charge < -0.3 is 5.32 Å². The topological polar surface area (TPSA) is 53.6 Å². The van der Waals surface area contributed by atoms with Crippen molar-refractivity contribution in [1.82, 2.24) is 20.5 Å². The van der Waals surface area contributed by atoms with Crippen LogP contribution in [0.3, 0.4) is 0 Å². The van der Waals surface area contributed by atoms with Gasteiger partial charge in [0.1, 0.15) is 5.82 Å². The molecular weight excluding hydrogens is 212 g/mol. The summed E-state index contributed by atoms with van der Waals surface area (Å²) in [6.07, 6.45) is 9.25. The lowest BCUT2D eigenvalue weighted by Crippen LogP contribution is -2.09. The first-order valence-electron chi connectivity index (χ1n) is 7.06. The van der Waals surface area contributed by atoms with Crippen LogP contribution < -0.4 is 5.32 Å². The van der Waals surface area contributed by atoms with Crippen LogP contribution in [-0.2, 0) is 0 Å². The molecule has 1 aliphatic heterocycles. The minimum absolute atomic E-state index is 0.533. The maximum absolute atomic E-state index is 4.75. The van der Waals surface area contributed by atoms with E-state index in [0.29, 0.717) is 11.8 Å². The molecule has 17 heavy (non-hydrogen) atoms. The van der Waals surface area contributed by atoms with Crippen LogP contribution in [-0.4, -0.2) is 28.3 Å². The van der Waals surface area contributed by atoms with E-state index >= 15 is 0 Å². The molecule has 1 saturated heterocycles. The predicted molar refractivity (Wildman–Crippen MR) is 67.1 cm³/mol. The van der Waals surface area contributed by atoms with Crippen molar-refractivity contribution >= 4 is 0 Å². The molecule has 1 aromatic rings. The lowest BCUT2D eigenvalue weighted by molar-refractivity contribution is 0.561. The summed E-state index contributed by atoms with van der Waals surface area (Å²) in [4.78, 5) is 4.75. The first-order chi connectivity index (χ1) is 8.43. The SMILES string of the molecule is C1CCCC(c2nc(C3CCNC3)n[nH]2)CC1. The predicted octanol–water partition coefficient (Wildman–Crippen LogP) is 2.32. The largest absolute Gasteiger partial charge is 0.316 e. The van der Waals surface area contributed by atoms with Gasteiger partial charge in [-0.15, -0.1) is 0 Å². The zero-order chi connectivity index (χ0) is 11.5. The third kappa shape index (κ3) is 2.51. The summed E-state index contributed by atoms with van der Waals surface area (Å²) in [6, 6.07) is 0. The maximum Gasteiger partial charge on any atom is 0.155 e. The Balaban J connectivity index is 1.70. The van der Waals surface area contributed by atoms with E-state index in [4.69, 9.17) is 4.98 Å². The van der Waals surface area contributed by atoms with Gasteiger partial charge in [0.25, 0.3) is 0 Å². The normalized spacial score (nSPS) is 27.2. The van der Waals surface area contributed by atoms with Crippen LogP contribution in [0, 0.1) is 0 Å². The number of nitrogens with one attached hydrogen (secondary N) is 2. The zero-order valence-corrected chi connectivity index (χ0v) is 10.4. The maximum atomic E-state index is 4.75. The van der Waals surface area contributed by atoms with Crippen LogP contribution in [0.15, 0.2) is 0 Å². The molecule has 2 N–H and O–H groups in total. The van der Waals surface area contributed by atoms with Crippen molar-refractivity contribution in [2.75, 3.05) is 13.1 Å². The second-order valence-electron chi connectivity index (χ2n) is 5.46. The van der Waals surface area contributed by atoms with Crippen molar-refractivity contribution in [2.45, 2.75) is 56.8 Å². The van der Waals surface area contributed by atoms with Gasteiger partial charge in [-0.1, -0.05) is 25.7 Å². The second kappa shape index (κ2) is 5.17.